The minimum absolute atomic E-state index is 0.0152. The highest BCUT2D eigenvalue weighted by Gasteiger charge is 2.35. The third-order valence-electron chi connectivity index (χ3n) is 5.12. The second-order valence-corrected chi connectivity index (χ2v) is 10.5. The first kappa shape index (κ1) is 24.9. The van der Waals surface area contributed by atoms with E-state index in [1.165, 1.54) is 4.31 Å². The van der Waals surface area contributed by atoms with Crippen molar-refractivity contribution in [1.82, 2.24) is 19.5 Å². The van der Waals surface area contributed by atoms with Gasteiger partial charge in [-0.1, -0.05) is 6.07 Å². The Morgan fingerprint density at radius 3 is 2.67 bits per heavy atom. The molecule has 0 atom stereocenters. The normalized spacial score (nSPS) is 19.2. The average Bonchev–Trinajstić information content (AvgIpc) is 3.05. The minimum atomic E-state index is -3.29. The number of nitrogens with zero attached hydrogens (tertiary/aromatic N) is 3. The number of nitrogens with one attached hydrogen (secondary N) is 1. The van der Waals surface area contributed by atoms with Crippen LogP contribution in [0.4, 0.5) is 4.79 Å². The van der Waals surface area contributed by atoms with E-state index in [-0.39, 0.29) is 31.1 Å². The molecule has 3 amide bonds. The number of sulfonamides is 1. The van der Waals surface area contributed by atoms with Crippen LogP contribution in [0.5, 0.6) is 0 Å². The maximum absolute atomic E-state index is 12.4. The van der Waals surface area contributed by atoms with Crippen LogP contribution >= 0.6 is 11.8 Å². The number of imide groups is 1. The molecule has 2 aliphatic rings. The molecule has 2 saturated heterocycles. The molecular weight excluding hydrogens is 472 g/mol. The fourth-order valence-electron chi connectivity index (χ4n) is 3.34. The predicted molar refractivity (Wildman–Crippen MR) is 120 cm³/mol. The number of esters is 1. The lowest BCUT2D eigenvalue weighted by Crippen LogP contribution is -2.41. The van der Waals surface area contributed by atoms with Gasteiger partial charge < -0.3 is 10.1 Å². The summed E-state index contributed by atoms with van der Waals surface area (Å²) in [7, 11) is -3.29. The lowest BCUT2D eigenvalue weighted by molar-refractivity contribution is -0.153. The Labute approximate surface area is 195 Å². The Morgan fingerprint density at radius 2 is 2.03 bits per heavy atom. The Morgan fingerprint density at radius 1 is 1.30 bits per heavy atom. The van der Waals surface area contributed by atoms with E-state index in [1.807, 2.05) is 0 Å². The number of amides is 3. The van der Waals surface area contributed by atoms with Crippen LogP contribution in [-0.2, 0) is 29.1 Å². The highest BCUT2D eigenvalue weighted by atomic mass is 32.2. The Hall–Kier alpha value is -2.77. The van der Waals surface area contributed by atoms with Gasteiger partial charge in [0.2, 0.25) is 10.0 Å². The summed E-state index contributed by atoms with van der Waals surface area (Å²) in [5, 5.41) is 2.08. The number of carbonyl (C=O) groups excluding carboxylic acids is 4. The molecule has 0 bridgehead atoms. The molecule has 0 unspecified atom stereocenters. The van der Waals surface area contributed by atoms with Gasteiger partial charge in [0.05, 0.1) is 17.1 Å². The monoisotopic (exact) mass is 496 g/mol. The quantitative estimate of drug-likeness (QED) is 0.401. The number of ether oxygens (including phenoxy) is 1. The van der Waals surface area contributed by atoms with E-state index in [0.717, 1.165) is 22.9 Å². The van der Waals surface area contributed by atoms with Crippen molar-refractivity contribution >= 4 is 50.9 Å². The zero-order valence-electron chi connectivity index (χ0n) is 17.9. The number of pyridine rings is 1. The molecule has 1 aromatic heterocycles. The lowest BCUT2D eigenvalue weighted by Gasteiger charge is -2.28. The zero-order valence-corrected chi connectivity index (χ0v) is 19.6. The number of thioether (sulfide) groups is 1. The van der Waals surface area contributed by atoms with Crippen LogP contribution in [0.25, 0.3) is 6.08 Å². The standard InChI is InChI=1S/C20H24N4O7S2/c1-33(29,30)23-8-4-15(5-9-23)19(27)31-13-17(25)22-7-10-24-18(26)16(32-20(24)28)11-14-3-2-6-21-12-14/h2-3,6,11-12,15H,4-5,7-10,13H2,1H3,(H,22,25)/b16-11-. The fourth-order valence-corrected chi connectivity index (χ4v) is 5.08. The predicted octanol–water partition coefficient (Wildman–Crippen LogP) is 0.449. The van der Waals surface area contributed by atoms with Crippen molar-refractivity contribution in [3.63, 3.8) is 0 Å². The number of rotatable bonds is 8. The van der Waals surface area contributed by atoms with Gasteiger partial charge in [-0.15, -0.1) is 0 Å². The van der Waals surface area contributed by atoms with E-state index < -0.39 is 45.6 Å². The summed E-state index contributed by atoms with van der Waals surface area (Å²) < 4.78 is 29.4. The van der Waals surface area contributed by atoms with Crippen molar-refractivity contribution in [1.29, 1.82) is 0 Å². The number of piperidine rings is 1. The highest BCUT2D eigenvalue weighted by molar-refractivity contribution is 8.18. The molecule has 0 aliphatic carbocycles. The number of hydrogen-bond acceptors (Lipinski definition) is 9. The molecule has 1 N–H and O–H groups in total. The van der Waals surface area contributed by atoms with Crippen LogP contribution in [0.1, 0.15) is 18.4 Å². The first-order valence-corrected chi connectivity index (χ1v) is 12.9. The van der Waals surface area contributed by atoms with E-state index in [0.29, 0.717) is 18.4 Å². The van der Waals surface area contributed by atoms with Gasteiger partial charge in [0.15, 0.2) is 6.61 Å². The van der Waals surface area contributed by atoms with E-state index in [4.69, 9.17) is 4.74 Å². The molecule has 0 radical (unpaired) electrons. The Balaban J connectivity index is 1.38. The van der Waals surface area contributed by atoms with Gasteiger partial charge in [0.1, 0.15) is 0 Å². The van der Waals surface area contributed by atoms with E-state index >= 15 is 0 Å². The molecular formula is C20H24N4O7S2. The summed E-state index contributed by atoms with van der Waals surface area (Å²) >= 11 is 0.815. The van der Waals surface area contributed by atoms with Gasteiger partial charge in [0.25, 0.3) is 17.1 Å². The van der Waals surface area contributed by atoms with Crippen LogP contribution in [0, 0.1) is 5.92 Å². The summed E-state index contributed by atoms with van der Waals surface area (Å²) in [5.74, 6) is -2.02. The molecule has 3 rings (SSSR count). The zero-order chi connectivity index (χ0) is 24.0. The molecule has 1 aromatic rings. The third-order valence-corrected chi connectivity index (χ3v) is 7.33. The summed E-state index contributed by atoms with van der Waals surface area (Å²) in [4.78, 5) is 53.9. The van der Waals surface area contributed by atoms with Crippen LogP contribution < -0.4 is 5.32 Å². The van der Waals surface area contributed by atoms with E-state index in [2.05, 4.69) is 10.3 Å². The number of hydrogen-bond donors (Lipinski definition) is 1. The molecule has 2 fully saturated rings. The van der Waals surface area contributed by atoms with Crippen LogP contribution in [0.15, 0.2) is 29.4 Å². The maximum Gasteiger partial charge on any atom is 0.309 e. The number of aromatic nitrogens is 1. The van der Waals surface area contributed by atoms with Gasteiger partial charge in [-0.2, -0.15) is 0 Å². The Kier molecular flexibility index (Phi) is 8.21. The maximum atomic E-state index is 12.4. The molecule has 13 heteroatoms. The summed E-state index contributed by atoms with van der Waals surface area (Å²) in [5.41, 5.74) is 0.695. The summed E-state index contributed by atoms with van der Waals surface area (Å²) in [6, 6.07) is 3.48. The van der Waals surface area contributed by atoms with Crippen LogP contribution in [0.2, 0.25) is 0 Å². The Bertz CT molecular complexity index is 1050. The van der Waals surface area contributed by atoms with Gasteiger partial charge in [-0.05, 0) is 42.3 Å². The van der Waals surface area contributed by atoms with Gasteiger partial charge in [-0.3, -0.25) is 29.1 Å². The summed E-state index contributed by atoms with van der Waals surface area (Å²) in [6.45, 7) is -0.0240. The van der Waals surface area contributed by atoms with Gasteiger partial charge in [0, 0.05) is 38.6 Å². The molecule has 0 aromatic carbocycles. The largest absolute Gasteiger partial charge is 0.455 e. The molecule has 33 heavy (non-hydrogen) atoms. The van der Waals surface area contributed by atoms with Gasteiger partial charge in [-0.25, -0.2) is 12.7 Å². The van der Waals surface area contributed by atoms with Crippen molar-refractivity contribution in [3.05, 3.63) is 35.0 Å². The van der Waals surface area contributed by atoms with Crippen LogP contribution in [0.3, 0.4) is 0 Å². The topological polar surface area (TPSA) is 143 Å². The second-order valence-electron chi connectivity index (χ2n) is 7.51. The minimum Gasteiger partial charge on any atom is -0.455 e. The second kappa shape index (κ2) is 10.9. The molecule has 3 heterocycles. The molecule has 0 saturated carbocycles. The van der Waals surface area contributed by atoms with E-state index in [1.54, 1.807) is 30.6 Å². The first-order chi connectivity index (χ1) is 15.6. The number of carbonyl (C=O) groups is 4. The average molecular weight is 497 g/mol. The highest BCUT2D eigenvalue weighted by Crippen LogP contribution is 2.31. The van der Waals surface area contributed by atoms with Crippen LogP contribution in [-0.4, -0.2) is 84.7 Å². The molecule has 178 valence electrons. The summed E-state index contributed by atoms with van der Waals surface area (Å²) in [6.07, 6.45) is 6.54. The first-order valence-electron chi connectivity index (χ1n) is 10.2. The molecule has 0 spiro atoms. The fraction of sp³-hybridized carbons (Fsp3) is 0.450. The lowest BCUT2D eigenvalue weighted by atomic mass is 9.98. The van der Waals surface area contributed by atoms with Crippen molar-refractivity contribution in [3.8, 4) is 0 Å². The van der Waals surface area contributed by atoms with Crippen molar-refractivity contribution in [2.75, 3.05) is 39.0 Å². The van der Waals surface area contributed by atoms with Crippen molar-refractivity contribution in [2.45, 2.75) is 12.8 Å². The van der Waals surface area contributed by atoms with Gasteiger partial charge >= 0.3 is 5.97 Å². The van der Waals surface area contributed by atoms with Crippen molar-refractivity contribution < 1.29 is 32.3 Å². The molecule has 2 aliphatic heterocycles. The third kappa shape index (κ3) is 6.85. The molecule has 11 nitrogen and oxygen atoms in total. The SMILES string of the molecule is CS(=O)(=O)N1CCC(C(=O)OCC(=O)NCCN2C(=O)S/C(=C\c3cccnc3)C2=O)CC1. The smallest absolute Gasteiger partial charge is 0.309 e. The van der Waals surface area contributed by atoms with E-state index in [9.17, 15) is 27.6 Å². The van der Waals surface area contributed by atoms with Crippen molar-refractivity contribution in [2.24, 2.45) is 5.92 Å².